The fourth-order valence-corrected chi connectivity index (χ4v) is 0. The van der Waals surface area contributed by atoms with Crippen LogP contribution >= 0.6 is 0 Å². The summed E-state index contributed by atoms with van der Waals surface area (Å²) in [5.74, 6) is 0. The normalized spacial score (nSPS) is 5.57. The zero-order chi connectivity index (χ0) is 10.7. The topological polar surface area (TPSA) is 190 Å². The molecule has 14 heavy (non-hydrogen) atoms. The molecule has 0 aliphatic rings. The van der Waals surface area contributed by atoms with Crippen molar-refractivity contribution in [2.24, 2.45) is 0 Å². The van der Waals surface area contributed by atoms with Crippen molar-refractivity contribution in [3.05, 3.63) is 0 Å². The van der Waals surface area contributed by atoms with Gasteiger partial charge in [-0.1, -0.05) is 0 Å². The Morgan fingerprint density at radius 2 is 0.500 bits per heavy atom. The van der Waals surface area contributed by atoms with Gasteiger partial charge in [0.25, 0.3) is 0 Å². The second kappa shape index (κ2) is 26.0. The summed E-state index contributed by atoms with van der Waals surface area (Å²) < 4.78 is 77.5. The second-order valence-electron chi connectivity index (χ2n) is 0.750. The molecule has 0 aromatic rings. The van der Waals surface area contributed by atoms with Gasteiger partial charge in [-0.15, -0.1) is 0 Å². The molecule has 0 bridgehead atoms. The maximum absolute atomic E-state index is 8.61. The molecule has 0 atom stereocenters. The van der Waals surface area contributed by atoms with Gasteiger partial charge in [0.2, 0.25) is 0 Å². The fraction of sp³-hybridized carbons (Fsp3) is 0. The molecule has 0 radical (unpaired) electrons. The van der Waals surface area contributed by atoms with Crippen LogP contribution in [-0.2, 0) is 76.3 Å². The SMILES string of the molecule is [O]=[Zr]([O-])[O-].[O]=[Zr]([O-])[O-].[O]=[Zr]([O-])[O-].[Tb+3].[Tb+3]. The Balaban J connectivity index is -0.0000000270. The molecule has 0 saturated carbocycles. The van der Waals surface area contributed by atoms with Gasteiger partial charge in [0, 0.05) is 0 Å². The third kappa shape index (κ3) is 202. The summed E-state index contributed by atoms with van der Waals surface area (Å²) in [6.07, 6.45) is 0. The summed E-state index contributed by atoms with van der Waals surface area (Å²) in [4.78, 5) is 0. The average Bonchev–Trinajstić information content (AvgIpc) is 1.54. The minimum Gasteiger partial charge on any atom is 3.00 e. The van der Waals surface area contributed by atoms with Crippen LogP contribution < -0.4 is 19.1 Å². The molecule has 0 amide bonds. The number of rotatable bonds is 0. The van der Waals surface area contributed by atoms with E-state index in [4.69, 9.17) is 27.5 Å². The predicted molar refractivity (Wildman–Crippen MR) is 2.06 cm³/mol. The Morgan fingerprint density at radius 1 is 0.500 bits per heavy atom. The molecule has 0 saturated heterocycles. The molecule has 0 unspecified atom stereocenters. The first-order valence-corrected chi connectivity index (χ1v) is 10.9. The Kier molecular flexibility index (Phi) is 57.7. The largest absolute Gasteiger partial charge is 3.00 e. The first-order valence-electron chi connectivity index (χ1n) is 1.84. The molecule has 14 heteroatoms. The molecule has 9 nitrogen and oxygen atoms in total. The van der Waals surface area contributed by atoms with Crippen LogP contribution in [-0.4, -0.2) is 0 Å². The van der Waals surface area contributed by atoms with Crippen molar-refractivity contribution in [3.8, 4) is 0 Å². The first-order chi connectivity index (χ1) is 5.20. The van der Waals surface area contributed by atoms with Gasteiger partial charge in [0.15, 0.2) is 0 Å². The number of hydrogen-bond acceptors (Lipinski definition) is 9. The molecule has 0 N–H and O–H groups in total. The smallest absolute Gasteiger partial charge is 3.00 e. The van der Waals surface area contributed by atoms with Crippen molar-refractivity contribution in [3.63, 3.8) is 0 Å². The maximum atomic E-state index is 8.61. The van der Waals surface area contributed by atoms with Crippen molar-refractivity contribution in [2.45, 2.75) is 0 Å². The van der Waals surface area contributed by atoms with Crippen LogP contribution in [0.1, 0.15) is 0 Å². The molecule has 0 aliphatic carbocycles. The average molecular weight is 736 g/mol. The molecule has 84 valence electrons. The van der Waals surface area contributed by atoms with Crippen LogP contribution in [0.4, 0.5) is 0 Å². The van der Waals surface area contributed by atoms with E-state index in [9.17, 15) is 0 Å². The third-order valence-electron chi connectivity index (χ3n) is 0. The summed E-state index contributed by atoms with van der Waals surface area (Å²) in [6, 6.07) is 0. The zero-order valence-electron chi connectivity index (χ0n) is 5.84. The molecule has 0 fully saturated rings. The van der Waals surface area contributed by atoms with Gasteiger partial charge in [-0.05, 0) is 0 Å². The van der Waals surface area contributed by atoms with Crippen molar-refractivity contribution < 1.29 is 173 Å². The third-order valence-corrected chi connectivity index (χ3v) is 0. The van der Waals surface area contributed by atoms with Crippen molar-refractivity contribution in [1.82, 2.24) is 0 Å². The summed E-state index contributed by atoms with van der Waals surface area (Å²) >= 11 is -12.9. The summed E-state index contributed by atoms with van der Waals surface area (Å²) in [7, 11) is 0. The standard InChI is InChI=1S/9O.2Tb.3Zr/q;;;6*-1;2*+3;;;. The van der Waals surface area contributed by atoms with Crippen LogP contribution in [0.5, 0.6) is 0 Å². The van der Waals surface area contributed by atoms with E-state index < -0.39 is 67.9 Å². The second-order valence-corrected chi connectivity index (χ2v) is 4.44. The van der Waals surface area contributed by atoms with Crippen molar-refractivity contribution in [2.75, 3.05) is 0 Å². The van der Waals surface area contributed by atoms with E-state index in [1.807, 2.05) is 0 Å². The van der Waals surface area contributed by atoms with E-state index in [2.05, 4.69) is 0 Å². The zero-order valence-corrected chi connectivity index (χ0v) is 17.5. The monoisotopic (exact) mass is 732 g/mol. The predicted octanol–water partition coefficient (Wildman–Crippen LogP) is -7.50. The molecule has 0 aliphatic heterocycles. The van der Waals surface area contributed by atoms with Crippen molar-refractivity contribution in [1.29, 1.82) is 0 Å². The van der Waals surface area contributed by atoms with Gasteiger partial charge in [0.1, 0.15) is 0 Å². The Hall–Kier alpha value is 4.38. The van der Waals surface area contributed by atoms with Crippen LogP contribution in [0.2, 0.25) is 0 Å². The van der Waals surface area contributed by atoms with E-state index in [-0.39, 0.29) is 77.2 Å². The molecular formula is O9Tb2Zr3. The van der Waals surface area contributed by atoms with Crippen LogP contribution in [0.25, 0.3) is 0 Å². The summed E-state index contributed by atoms with van der Waals surface area (Å²) in [5.41, 5.74) is 0. The maximum Gasteiger partial charge on any atom is 3.00 e. The first kappa shape index (κ1) is 31.0. The summed E-state index contributed by atoms with van der Waals surface area (Å²) in [6.45, 7) is 0. The molecule has 0 aromatic carbocycles. The van der Waals surface area contributed by atoms with Gasteiger partial charge in [-0.2, -0.15) is 0 Å². The fourth-order valence-electron chi connectivity index (χ4n) is 0. The molecule has 0 heterocycles. The minimum absolute atomic E-state index is 0. The van der Waals surface area contributed by atoms with Crippen LogP contribution in [0, 0.1) is 77.2 Å². The van der Waals surface area contributed by atoms with Crippen LogP contribution in [0.15, 0.2) is 0 Å². The minimum atomic E-state index is -4.29. The van der Waals surface area contributed by atoms with Gasteiger partial charge in [-0.3, -0.25) is 0 Å². The van der Waals surface area contributed by atoms with E-state index >= 15 is 0 Å². The van der Waals surface area contributed by atoms with Gasteiger partial charge >= 0.3 is 173 Å². The molecule has 0 rings (SSSR count). The van der Waals surface area contributed by atoms with E-state index in [1.165, 1.54) is 0 Å². The van der Waals surface area contributed by atoms with E-state index in [0.717, 1.165) is 0 Å². The molecular weight excluding hydrogens is 736 g/mol. The Bertz CT molecular complexity index is 116. The van der Waals surface area contributed by atoms with Crippen LogP contribution in [0.3, 0.4) is 0 Å². The van der Waals surface area contributed by atoms with Crippen molar-refractivity contribution >= 4 is 0 Å². The van der Waals surface area contributed by atoms with Gasteiger partial charge in [-0.25, -0.2) is 0 Å². The Morgan fingerprint density at radius 3 is 0.500 bits per heavy atom. The summed E-state index contributed by atoms with van der Waals surface area (Å²) in [5, 5.41) is 0. The molecule has 0 aromatic heterocycles. The van der Waals surface area contributed by atoms with Gasteiger partial charge < -0.3 is 0 Å². The van der Waals surface area contributed by atoms with E-state index in [1.54, 1.807) is 0 Å². The van der Waals surface area contributed by atoms with E-state index in [0.29, 0.717) is 0 Å². The van der Waals surface area contributed by atoms with Gasteiger partial charge in [0.05, 0.1) is 0 Å². The molecule has 0 spiro atoms. The quantitative estimate of drug-likeness (QED) is 0.233. The Labute approximate surface area is 168 Å². The number of hydrogen-bond donors (Lipinski definition) is 0.